The van der Waals surface area contributed by atoms with Gasteiger partial charge in [0.25, 0.3) is 0 Å². The third-order valence-electron chi connectivity index (χ3n) is 5.60. The maximum atomic E-state index is 11.4. The van der Waals surface area contributed by atoms with Crippen LogP contribution in [-0.4, -0.2) is 62.7 Å². The summed E-state index contributed by atoms with van der Waals surface area (Å²) in [5.41, 5.74) is 3.48. The normalized spacial score (nSPS) is 24.8. The van der Waals surface area contributed by atoms with Crippen LogP contribution in [0.4, 0.5) is 0 Å². The molecule has 3 aliphatic rings. The Labute approximate surface area is 155 Å². The first kappa shape index (κ1) is 17.9. The fraction of sp³-hybridized carbons (Fsp3) is 0.632. The van der Waals surface area contributed by atoms with Crippen LogP contribution in [0.25, 0.3) is 5.57 Å². The summed E-state index contributed by atoms with van der Waals surface area (Å²) in [5.74, 6) is 1.69. The highest BCUT2D eigenvalue weighted by atomic mass is 32.2. The Morgan fingerprint density at radius 2 is 2.15 bits per heavy atom. The van der Waals surface area contributed by atoms with Crippen molar-refractivity contribution in [3.8, 4) is 5.75 Å². The molecule has 3 aliphatic heterocycles. The van der Waals surface area contributed by atoms with Crippen molar-refractivity contribution >= 4 is 15.4 Å². The molecule has 1 aromatic heterocycles. The Bertz CT molecular complexity index is 800. The summed E-state index contributed by atoms with van der Waals surface area (Å²) in [5, 5.41) is 3.41. The van der Waals surface area contributed by atoms with Gasteiger partial charge in [-0.3, -0.25) is 9.88 Å². The first-order valence-electron chi connectivity index (χ1n) is 9.44. The van der Waals surface area contributed by atoms with Gasteiger partial charge in [0.05, 0.1) is 11.9 Å². The molecule has 0 bridgehead atoms. The molecule has 0 spiro atoms. The first-order chi connectivity index (χ1) is 12.5. The summed E-state index contributed by atoms with van der Waals surface area (Å²) in [7, 11) is -2.97. The zero-order valence-corrected chi connectivity index (χ0v) is 16.1. The number of ether oxygens (including phenoxy) is 1. The number of nitrogens with one attached hydrogen (secondary N) is 1. The molecule has 0 aliphatic carbocycles. The van der Waals surface area contributed by atoms with E-state index >= 15 is 0 Å². The molecule has 0 amide bonds. The van der Waals surface area contributed by atoms with Crippen molar-refractivity contribution in [3.05, 3.63) is 29.6 Å². The van der Waals surface area contributed by atoms with Crippen LogP contribution in [0.2, 0.25) is 0 Å². The van der Waals surface area contributed by atoms with Gasteiger partial charge in [-0.15, -0.1) is 0 Å². The Hall–Kier alpha value is -1.44. The molecule has 1 unspecified atom stereocenters. The predicted octanol–water partition coefficient (Wildman–Crippen LogP) is 1.48. The highest BCUT2D eigenvalue weighted by Crippen LogP contribution is 2.35. The quantitative estimate of drug-likeness (QED) is 0.857. The Morgan fingerprint density at radius 3 is 2.85 bits per heavy atom. The topological polar surface area (TPSA) is 71.5 Å². The monoisotopic (exact) mass is 377 g/mol. The standard InChI is InChI=1S/C19H27N3O3S/c1-26(23,24)13-22-8-4-14(5-9-22)17-10-16-11-18(25-19(16)12-21-17)15-2-6-20-7-3-15/h4,10,12,15,18,20H,2-3,5-9,11,13H2,1H3. The predicted molar refractivity (Wildman–Crippen MR) is 102 cm³/mol. The third-order valence-corrected chi connectivity index (χ3v) is 6.43. The zero-order valence-electron chi connectivity index (χ0n) is 15.3. The van der Waals surface area contributed by atoms with E-state index in [-0.39, 0.29) is 12.0 Å². The number of fused-ring (bicyclic) bond motifs is 1. The molecular formula is C19H27N3O3S. The third kappa shape index (κ3) is 4.10. The summed E-state index contributed by atoms with van der Waals surface area (Å²) in [6, 6.07) is 2.18. The van der Waals surface area contributed by atoms with Crippen LogP contribution < -0.4 is 10.1 Å². The minimum atomic E-state index is -2.97. The summed E-state index contributed by atoms with van der Waals surface area (Å²) in [6.07, 6.45) is 9.73. The van der Waals surface area contributed by atoms with Crippen LogP contribution in [-0.2, 0) is 16.3 Å². The number of hydrogen-bond acceptors (Lipinski definition) is 6. The molecule has 4 heterocycles. The van der Waals surface area contributed by atoms with Crippen LogP contribution in [0.15, 0.2) is 18.3 Å². The molecule has 0 aromatic carbocycles. The van der Waals surface area contributed by atoms with Crippen molar-refractivity contribution in [2.75, 3.05) is 38.3 Å². The van der Waals surface area contributed by atoms with Crippen molar-refractivity contribution in [2.24, 2.45) is 5.92 Å². The van der Waals surface area contributed by atoms with Gasteiger partial charge >= 0.3 is 0 Å². The second-order valence-electron chi connectivity index (χ2n) is 7.74. The largest absolute Gasteiger partial charge is 0.488 e. The van der Waals surface area contributed by atoms with E-state index in [0.717, 1.165) is 43.9 Å². The van der Waals surface area contributed by atoms with E-state index in [1.165, 1.54) is 30.2 Å². The molecule has 142 valence electrons. The van der Waals surface area contributed by atoms with Gasteiger partial charge in [-0.2, -0.15) is 0 Å². The van der Waals surface area contributed by atoms with E-state index in [0.29, 0.717) is 12.5 Å². The Balaban J connectivity index is 1.43. The maximum absolute atomic E-state index is 11.4. The molecule has 7 heteroatoms. The lowest BCUT2D eigenvalue weighted by Crippen LogP contribution is -2.36. The van der Waals surface area contributed by atoms with Gasteiger partial charge in [-0.1, -0.05) is 6.08 Å². The molecule has 0 saturated carbocycles. The minimum absolute atomic E-state index is 0.125. The molecule has 1 fully saturated rings. The molecule has 6 nitrogen and oxygen atoms in total. The number of aromatic nitrogens is 1. The summed E-state index contributed by atoms with van der Waals surface area (Å²) in [6.45, 7) is 3.59. The van der Waals surface area contributed by atoms with E-state index in [9.17, 15) is 8.42 Å². The Kier molecular flexibility index (Phi) is 5.03. The smallest absolute Gasteiger partial charge is 0.160 e. The van der Waals surface area contributed by atoms with Crippen LogP contribution >= 0.6 is 0 Å². The first-order valence-corrected chi connectivity index (χ1v) is 11.5. The summed E-state index contributed by atoms with van der Waals surface area (Å²) < 4.78 is 29.1. The average molecular weight is 378 g/mol. The number of piperidine rings is 1. The number of nitrogens with zero attached hydrogens (tertiary/aromatic N) is 2. The Morgan fingerprint density at radius 1 is 1.35 bits per heavy atom. The second-order valence-corrected chi connectivity index (χ2v) is 9.85. The lowest BCUT2D eigenvalue weighted by atomic mass is 9.89. The number of hydrogen-bond donors (Lipinski definition) is 1. The highest BCUT2D eigenvalue weighted by molar-refractivity contribution is 7.90. The fourth-order valence-corrected chi connectivity index (χ4v) is 5.12. The van der Waals surface area contributed by atoms with Gasteiger partial charge in [0.2, 0.25) is 0 Å². The number of pyridine rings is 1. The van der Waals surface area contributed by atoms with Crippen molar-refractivity contribution in [2.45, 2.75) is 31.8 Å². The van der Waals surface area contributed by atoms with Gasteiger partial charge < -0.3 is 10.1 Å². The molecule has 0 radical (unpaired) electrons. The zero-order chi connectivity index (χ0) is 18.1. The van der Waals surface area contributed by atoms with Gasteiger partial charge in [-0.25, -0.2) is 8.42 Å². The maximum Gasteiger partial charge on any atom is 0.160 e. The van der Waals surface area contributed by atoms with Crippen molar-refractivity contribution in [3.63, 3.8) is 0 Å². The van der Waals surface area contributed by atoms with Crippen LogP contribution in [0.3, 0.4) is 0 Å². The van der Waals surface area contributed by atoms with Gasteiger partial charge in [0.1, 0.15) is 17.7 Å². The second kappa shape index (κ2) is 7.29. The molecule has 1 N–H and O–H groups in total. The highest BCUT2D eigenvalue weighted by Gasteiger charge is 2.32. The van der Waals surface area contributed by atoms with Crippen LogP contribution in [0.1, 0.15) is 30.5 Å². The van der Waals surface area contributed by atoms with Crippen LogP contribution in [0, 0.1) is 5.92 Å². The van der Waals surface area contributed by atoms with E-state index in [1.54, 1.807) is 0 Å². The van der Waals surface area contributed by atoms with E-state index in [4.69, 9.17) is 4.74 Å². The minimum Gasteiger partial charge on any atom is -0.488 e. The van der Waals surface area contributed by atoms with Gasteiger partial charge in [0, 0.05) is 31.3 Å². The molecule has 26 heavy (non-hydrogen) atoms. The molecule has 4 rings (SSSR count). The average Bonchev–Trinajstić information content (AvgIpc) is 3.05. The van der Waals surface area contributed by atoms with Gasteiger partial charge in [0.15, 0.2) is 9.84 Å². The lowest BCUT2D eigenvalue weighted by molar-refractivity contribution is 0.133. The summed E-state index contributed by atoms with van der Waals surface area (Å²) >= 11 is 0. The van der Waals surface area contributed by atoms with E-state index < -0.39 is 9.84 Å². The fourth-order valence-electron chi connectivity index (χ4n) is 4.22. The SMILES string of the molecule is CS(=O)(=O)CN1CC=C(c2cc3c(cn2)OC(C2CCNCC2)C3)CC1. The number of rotatable bonds is 4. The molecule has 1 atom stereocenters. The molecule has 1 aromatic rings. The van der Waals surface area contributed by atoms with Crippen molar-refractivity contribution < 1.29 is 13.2 Å². The van der Waals surface area contributed by atoms with Crippen molar-refractivity contribution in [1.82, 2.24) is 15.2 Å². The van der Waals surface area contributed by atoms with E-state index in [1.807, 2.05) is 11.1 Å². The van der Waals surface area contributed by atoms with Gasteiger partial charge in [-0.05, 0) is 49.9 Å². The number of sulfone groups is 1. The molecular weight excluding hydrogens is 350 g/mol. The van der Waals surface area contributed by atoms with Crippen molar-refractivity contribution in [1.29, 1.82) is 0 Å². The molecule has 1 saturated heterocycles. The lowest BCUT2D eigenvalue weighted by Gasteiger charge is -2.27. The summed E-state index contributed by atoms with van der Waals surface area (Å²) in [4.78, 5) is 6.57. The van der Waals surface area contributed by atoms with E-state index in [2.05, 4.69) is 22.4 Å². The van der Waals surface area contributed by atoms with Crippen LogP contribution in [0.5, 0.6) is 5.75 Å².